The van der Waals surface area contributed by atoms with Crippen molar-refractivity contribution in [3.63, 3.8) is 0 Å². The fourth-order valence-electron chi connectivity index (χ4n) is 2.69. The van der Waals surface area contributed by atoms with Crippen LogP contribution in [0.15, 0.2) is 72.2 Å². The molecular formula is C21H19NO2S. The summed E-state index contributed by atoms with van der Waals surface area (Å²) in [5.74, 6) is 0.165. The zero-order valence-corrected chi connectivity index (χ0v) is 14.9. The lowest BCUT2D eigenvalue weighted by atomic mass is 10.0. The molecule has 0 bridgehead atoms. The summed E-state index contributed by atoms with van der Waals surface area (Å²) in [5, 5.41) is 0. The number of amides is 2. The lowest BCUT2D eigenvalue weighted by Gasteiger charge is -2.12. The molecule has 0 aromatic heterocycles. The van der Waals surface area contributed by atoms with Crippen molar-refractivity contribution in [3.8, 4) is 0 Å². The quantitative estimate of drug-likeness (QED) is 0.579. The minimum absolute atomic E-state index is 0.225. The molecule has 25 heavy (non-hydrogen) atoms. The van der Waals surface area contributed by atoms with Crippen LogP contribution in [0.4, 0.5) is 0 Å². The molecule has 0 aliphatic carbocycles. The fourth-order valence-corrected chi connectivity index (χ4v) is 3.77. The molecule has 0 spiro atoms. The second kappa shape index (κ2) is 7.53. The zero-order chi connectivity index (χ0) is 17.8. The van der Waals surface area contributed by atoms with Crippen molar-refractivity contribution in [2.45, 2.75) is 12.7 Å². The van der Waals surface area contributed by atoms with Crippen LogP contribution < -0.4 is 0 Å². The van der Waals surface area contributed by atoms with E-state index in [2.05, 4.69) is 6.58 Å². The number of hydrogen-bond donors (Lipinski definition) is 0. The molecular weight excluding hydrogens is 330 g/mol. The standard InChI is InChI=1S/C21H19NO2S/c1-3-13-22-20(23)18(17-11-9-15(2)10-12-17)19(21(22)24)25-14-16-7-5-4-6-8-16/h3-12H,1,13-14H2,2H3. The third-order valence-electron chi connectivity index (χ3n) is 4.00. The first-order chi connectivity index (χ1) is 12.1. The van der Waals surface area contributed by atoms with E-state index < -0.39 is 0 Å². The molecule has 1 aliphatic heterocycles. The van der Waals surface area contributed by atoms with E-state index >= 15 is 0 Å². The number of benzene rings is 2. The second-order valence-electron chi connectivity index (χ2n) is 5.85. The Labute approximate surface area is 152 Å². The highest BCUT2D eigenvalue weighted by Gasteiger charge is 2.38. The van der Waals surface area contributed by atoms with E-state index in [0.717, 1.165) is 16.7 Å². The Hall–Kier alpha value is -2.59. The van der Waals surface area contributed by atoms with E-state index in [1.54, 1.807) is 6.08 Å². The first kappa shape index (κ1) is 17.2. The van der Waals surface area contributed by atoms with Crippen LogP contribution in [-0.4, -0.2) is 23.3 Å². The number of hydrogen-bond acceptors (Lipinski definition) is 3. The van der Waals surface area contributed by atoms with Gasteiger partial charge in [0.25, 0.3) is 11.8 Å². The number of carbonyl (C=O) groups excluding carboxylic acids is 2. The first-order valence-electron chi connectivity index (χ1n) is 8.07. The van der Waals surface area contributed by atoms with Gasteiger partial charge < -0.3 is 0 Å². The summed E-state index contributed by atoms with van der Waals surface area (Å²) in [4.78, 5) is 27.3. The van der Waals surface area contributed by atoms with Crippen LogP contribution in [0.3, 0.4) is 0 Å². The number of imide groups is 1. The van der Waals surface area contributed by atoms with Gasteiger partial charge in [0.2, 0.25) is 0 Å². The number of nitrogens with zero attached hydrogens (tertiary/aromatic N) is 1. The van der Waals surface area contributed by atoms with Crippen molar-refractivity contribution in [1.82, 2.24) is 4.90 Å². The van der Waals surface area contributed by atoms with Crippen molar-refractivity contribution < 1.29 is 9.59 Å². The van der Waals surface area contributed by atoms with Gasteiger partial charge in [-0.3, -0.25) is 14.5 Å². The SMILES string of the molecule is C=CCN1C(=O)C(SCc2ccccc2)=C(c2ccc(C)cc2)C1=O. The van der Waals surface area contributed by atoms with Crippen molar-refractivity contribution in [2.24, 2.45) is 0 Å². The van der Waals surface area contributed by atoms with E-state index in [1.165, 1.54) is 16.7 Å². The number of thioether (sulfide) groups is 1. The van der Waals surface area contributed by atoms with Crippen molar-refractivity contribution in [1.29, 1.82) is 0 Å². The third-order valence-corrected chi connectivity index (χ3v) is 5.15. The summed E-state index contributed by atoms with van der Waals surface area (Å²) >= 11 is 1.42. The average Bonchev–Trinajstić information content (AvgIpc) is 2.86. The molecule has 0 radical (unpaired) electrons. The first-order valence-corrected chi connectivity index (χ1v) is 9.05. The predicted octanol–water partition coefficient (Wildman–Crippen LogP) is 4.19. The summed E-state index contributed by atoms with van der Waals surface area (Å²) in [5.41, 5.74) is 3.51. The van der Waals surface area contributed by atoms with E-state index in [9.17, 15) is 9.59 Å². The van der Waals surface area contributed by atoms with Gasteiger partial charge >= 0.3 is 0 Å². The molecule has 2 amide bonds. The van der Waals surface area contributed by atoms with Crippen LogP contribution in [0.1, 0.15) is 16.7 Å². The fraction of sp³-hybridized carbons (Fsp3) is 0.143. The van der Waals surface area contributed by atoms with E-state index in [-0.39, 0.29) is 18.4 Å². The maximum Gasteiger partial charge on any atom is 0.268 e. The summed E-state index contributed by atoms with van der Waals surface area (Å²) in [6.45, 7) is 5.87. The topological polar surface area (TPSA) is 37.4 Å². The number of rotatable bonds is 6. The molecule has 4 heteroatoms. The van der Waals surface area contributed by atoms with Crippen LogP contribution in [0.25, 0.3) is 5.57 Å². The molecule has 1 heterocycles. The Morgan fingerprint density at radius 2 is 1.68 bits per heavy atom. The molecule has 2 aromatic rings. The highest BCUT2D eigenvalue weighted by molar-refractivity contribution is 8.03. The third kappa shape index (κ3) is 3.59. The monoisotopic (exact) mass is 349 g/mol. The zero-order valence-electron chi connectivity index (χ0n) is 14.1. The lowest BCUT2D eigenvalue weighted by Crippen LogP contribution is -2.31. The molecule has 0 fully saturated rings. The second-order valence-corrected chi connectivity index (χ2v) is 6.84. The highest BCUT2D eigenvalue weighted by Crippen LogP contribution is 2.37. The smallest absolute Gasteiger partial charge is 0.268 e. The van der Waals surface area contributed by atoms with Gasteiger partial charge in [-0.05, 0) is 18.1 Å². The van der Waals surface area contributed by atoms with Gasteiger partial charge in [0.1, 0.15) is 0 Å². The summed E-state index contributed by atoms with van der Waals surface area (Å²) in [6.07, 6.45) is 1.58. The Morgan fingerprint density at radius 3 is 2.32 bits per heavy atom. The normalized spacial score (nSPS) is 14.4. The minimum atomic E-state index is -0.246. The maximum absolute atomic E-state index is 12.8. The minimum Gasteiger partial charge on any atom is -0.270 e. The average molecular weight is 349 g/mol. The van der Waals surface area contributed by atoms with Crippen LogP contribution in [-0.2, 0) is 15.3 Å². The van der Waals surface area contributed by atoms with Crippen LogP contribution in [0, 0.1) is 6.92 Å². The molecule has 126 valence electrons. The van der Waals surface area contributed by atoms with Gasteiger partial charge in [-0.15, -0.1) is 18.3 Å². The summed E-state index contributed by atoms with van der Waals surface area (Å²) < 4.78 is 0. The molecule has 0 N–H and O–H groups in total. The maximum atomic E-state index is 12.8. The van der Waals surface area contributed by atoms with Gasteiger partial charge in [-0.2, -0.15) is 0 Å². The predicted molar refractivity (Wildman–Crippen MR) is 103 cm³/mol. The Bertz CT molecular complexity index is 838. The number of carbonyl (C=O) groups is 2. The van der Waals surface area contributed by atoms with Crippen molar-refractivity contribution >= 4 is 29.1 Å². The molecule has 0 saturated carbocycles. The molecule has 0 saturated heterocycles. The Kier molecular flexibility index (Phi) is 5.19. The lowest BCUT2D eigenvalue weighted by molar-refractivity contribution is -0.135. The molecule has 0 atom stereocenters. The largest absolute Gasteiger partial charge is 0.270 e. The summed E-state index contributed by atoms with van der Waals surface area (Å²) in [7, 11) is 0. The Morgan fingerprint density at radius 1 is 1.00 bits per heavy atom. The van der Waals surface area contributed by atoms with Crippen molar-refractivity contribution in [2.75, 3.05) is 6.54 Å². The highest BCUT2D eigenvalue weighted by atomic mass is 32.2. The summed E-state index contributed by atoms with van der Waals surface area (Å²) in [6, 6.07) is 17.6. The number of aryl methyl sites for hydroxylation is 1. The van der Waals surface area contributed by atoms with Gasteiger partial charge in [-0.25, -0.2) is 0 Å². The van der Waals surface area contributed by atoms with Crippen LogP contribution in [0.2, 0.25) is 0 Å². The molecule has 0 unspecified atom stereocenters. The van der Waals surface area contributed by atoms with E-state index in [4.69, 9.17) is 0 Å². The molecule has 3 rings (SSSR count). The Balaban J connectivity index is 1.96. The molecule has 3 nitrogen and oxygen atoms in total. The van der Waals surface area contributed by atoms with E-state index in [1.807, 2.05) is 61.5 Å². The van der Waals surface area contributed by atoms with Crippen molar-refractivity contribution in [3.05, 3.63) is 88.8 Å². The van der Waals surface area contributed by atoms with Gasteiger partial charge in [0.15, 0.2) is 0 Å². The van der Waals surface area contributed by atoms with Gasteiger partial charge in [0.05, 0.1) is 10.5 Å². The van der Waals surface area contributed by atoms with Crippen LogP contribution in [0.5, 0.6) is 0 Å². The molecule has 1 aliphatic rings. The van der Waals surface area contributed by atoms with Gasteiger partial charge in [0, 0.05) is 12.3 Å². The van der Waals surface area contributed by atoms with Crippen LogP contribution >= 0.6 is 11.8 Å². The molecule has 2 aromatic carbocycles. The van der Waals surface area contributed by atoms with E-state index in [0.29, 0.717) is 16.2 Å². The van der Waals surface area contributed by atoms with Gasteiger partial charge in [-0.1, -0.05) is 66.2 Å².